The standard InChI is InChI=1S/C37H48N4O5S/c1-26-21-30(5-8-33(26)46-2)37-15-12-36(13-16-37,14-17-37)25-40(35(43)27-3-6-32(42)7-4-27)34-22-28(9-18-38-34)29-23-39-41(24-29)31-10-19-47(44,45)20-11-31/h5,8-9,18,21-24,27,31-32,42H,3-4,6-7,10-17,19-20,25H2,1-2H3. The number of hydrogen-bond acceptors (Lipinski definition) is 7. The Bertz CT molecular complexity index is 1690. The van der Waals surface area contributed by atoms with Crippen molar-refractivity contribution in [3.8, 4) is 16.9 Å². The van der Waals surface area contributed by atoms with Crippen molar-refractivity contribution in [2.45, 2.75) is 102 Å². The first-order valence-corrected chi connectivity index (χ1v) is 19.3. The number of aliphatic hydroxyl groups is 1. The van der Waals surface area contributed by atoms with Gasteiger partial charge in [-0.05, 0) is 130 Å². The van der Waals surface area contributed by atoms with E-state index in [2.05, 4.69) is 30.2 Å². The Morgan fingerprint density at radius 1 is 0.979 bits per heavy atom. The van der Waals surface area contributed by atoms with Gasteiger partial charge in [0.2, 0.25) is 5.91 Å². The van der Waals surface area contributed by atoms with E-state index in [-0.39, 0.29) is 46.3 Å². The van der Waals surface area contributed by atoms with Crippen LogP contribution < -0.4 is 9.64 Å². The van der Waals surface area contributed by atoms with E-state index < -0.39 is 9.84 Å². The van der Waals surface area contributed by atoms with E-state index in [1.165, 1.54) is 11.1 Å². The minimum absolute atomic E-state index is 0.0526. The highest BCUT2D eigenvalue weighted by atomic mass is 32.2. The smallest absolute Gasteiger partial charge is 0.231 e. The van der Waals surface area contributed by atoms with Crippen molar-refractivity contribution >= 4 is 21.6 Å². The molecule has 2 aromatic heterocycles. The lowest BCUT2D eigenvalue weighted by Gasteiger charge is -2.55. The van der Waals surface area contributed by atoms with Gasteiger partial charge in [0, 0.05) is 30.4 Å². The molecule has 3 aromatic rings. The molecule has 0 atom stereocenters. The fourth-order valence-corrected chi connectivity index (χ4v) is 10.3. The summed E-state index contributed by atoms with van der Waals surface area (Å²) in [6, 6.07) is 10.7. The number of anilines is 1. The van der Waals surface area contributed by atoms with Gasteiger partial charge in [-0.25, -0.2) is 13.4 Å². The van der Waals surface area contributed by atoms with Crippen LogP contribution in [0.25, 0.3) is 11.1 Å². The van der Waals surface area contributed by atoms with Gasteiger partial charge in [-0.15, -0.1) is 0 Å². The Morgan fingerprint density at radius 2 is 1.68 bits per heavy atom. The molecule has 47 heavy (non-hydrogen) atoms. The number of ether oxygens (including phenoxy) is 1. The second-order valence-electron chi connectivity index (χ2n) is 14.9. The zero-order valence-electron chi connectivity index (χ0n) is 27.7. The van der Waals surface area contributed by atoms with E-state index in [9.17, 15) is 18.3 Å². The van der Waals surface area contributed by atoms with Crippen LogP contribution >= 0.6 is 0 Å². The number of fused-ring (bicyclic) bond motifs is 3. The first kappa shape index (κ1) is 32.3. The van der Waals surface area contributed by atoms with E-state index in [4.69, 9.17) is 9.72 Å². The Hall–Kier alpha value is -3.24. The Labute approximate surface area is 278 Å². The summed E-state index contributed by atoms with van der Waals surface area (Å²) in [7, 11) is -1.22. The minimum Gasteiger partial charge on any atom is -0.496 e. The molecule has 3 heterocycles. The van der Waals surface area contributed by atoms with Crippen LogP contribution in [-0.4, -0.2) is 65.5 Å². The number of carbonyl (C=O) groups excluding carboxylic acids is 1. The van der Waals surface area contributed by atoms with Crippen LogP contribution in [-0.2, 0) is 20.0 Å². The number of aromatic nitrogens is 3. The van der Waals surface area contributed by atoms with Crippen LogP contribution in [0.15, 0.2) is 48.9 Å². The summed E-state index contributed by atoms with van der Waals surface area (Å²) in [5.41, 5.74) is 4.72. The highest BCUT2D eigenvalue weighted by molar-refractivity contribution is 7.91. The Balaban J connectivity index is 1.13. The molecule has 1 amide bonds. The molecule has 4 saturated carbocycles. The molecule has 1 aromatic carbocycles. The van der Waals surface area contributed by atoms with Crippen LogP contribution in [0, 0.1) is 18.3 Å². The van der Waals surface area contributed by atoms with Crippen LogP contribution in [0.2, 0.25) is 0 Å². The first-order valence-electron chi connectivity index (χ1n) is 17.4. The maximum absolute atomic E-state index is 14.4. The molecule has 9 nitrogen and oxygen atoms in total. The van der Waals surface area contributed by atoms with Gasteiger partial charge in [0.15, 0.2) is 0 Å². The van der Waals surface area contributed by atoms with Gasteiger partial charge in [0.25, 0.3) is 0 Å². The quantitative estimate of drug-likeness (QED) is 0.307. The third-order valence-corrected chi connectivity index (χ3v) is 13.8. The van der Waals surface area contributed by atoms with Crippen LogP contribution in [0.1, 0.15) is 94.2 Å². The van der Waals surface area contributed by atoms with Crippen molar-refractivity contribution in [3.05, 3.63) is 60.0 Å². The number of rotatable bonds is 8. The predicted molar refractivity (Wildman–Crippen MR) is 182 cm³/mol. The molecule has 2 bridgehead atoms. The summed E-state index contributed by atoms with van der Waals surface area (Å²) in [5, 5.41) is 14.8. The van der Waals surface area contributed by atoms with Crippen molar-refractivity contribution in [2.24, 2.45) is 11.3 Å². The second-order valence-corrected chi connectivity index (χ2v) is 17.2. The minimum atomic E-state index is -2.95. The van der Waals surface area contributed by atoms with Gasteiger partial charge in [-0.1, -0.05) is 12.1 Å². The fourth-order valence-electron chi connectivity index (χ4n) is 8.87. The van der Waals surface area contributed by atoms with Crippen molar-refractivity contribution in [1.29, 1.82) is 0 Å². The van der Waals surface area contributed by atoms with Gasteiger partial charge in [-0.2, -0.15) is 5.10 Å². The molecule has 10 heteroatoms. The fraction of sp³-hybridized carbons (Fsp3) is 0.595. The number of hydrogen-bond donors (Lipinski definition) is 1. The van der Waals surface area contributed by atoms with Crippen molar-refractivity contribution in [3.63, 3.8) is 0 Å². The topological polar surface area (TPSA) is 115 Å². The largest absolute Gasteiger partial charge is 0.496 e. The molecule has 252 valence electrons. The van der Waals surface area contributed by atoms with E-state index in [1.807, 2.05) is 34.1 Å². The summed E-state index contributed by atoms with van der Waals surface area (Å²) >= 11 is 0. The van der Waals surface area contributed by atoms with Crippen LogP contribution in [0.5, 0.6) is 5.75 Å². The molecule has 8 rings (SSSR count). The summed E-state index contributed by atoms with van der Waals surface area (Å²) in [5.74, 6) is 2.02. The van der Waals surface area contributed by atoms with Gasteiger partial charge in [0.05, 0.1) is 37.0 Å². The average Bonchev–Trinajstić information content (AvgIpc) is 3.59. The van der Waals surface area contributed by atoms with Crippen LogP contribution in [0.4, 0.5) is 5.82 Å². The molecule has 0 unspecified atom stereocenters. The molecule has 0 radical (unpaired) electrons. The van der Waals surface area contributed by atoms with E-state index in [0.717, 1.165) is 55.4 Å². The zero-order valence-corrected chi connectivity index (χ0v) is 28.6. The summed E-state index contributed by atoms with van der Waals surface area (Å²) in [6.07, 6.45) is 15.8. The lowest BCUT2D eigenvalue weighted by atomic mass is 9.51. The number of sulfone groups is 1. The maximum atomic E-state index is 14.4. The lowest BCUT2D eigenvalue weighted by molar-refractivity contribution is -0.124. The second kappa shape index (κ2) is 12.7. The third kappa shape index (κ3) is 6.47. The number of methoxy groups -OCH3 is 1. The summed E-state index contributed by atoms with van der Waals surface area (Å²) < 4.78 is 31.4. The number of pyridine rings is 1. The molecule has 5 aliphatic rings. The molecular weight excluding hydrogens is 612 g/mol. The molecule has 5 fully saturated rings. The van der Waals surface area contributed by atoms with Crippen molar-refractivity contribution < 1.29 is 23.1 Å². The summed E-state index contributed by atoms with van der Waals surface area (Å²) in [4.78, 5) is 21.1. The summed E-state index contributed by atoms with van der Waals surface area (Å²) in [6.45, 7) is 2.78. The monoisotopic (exact) mass is 660 g/mol. The maximum Gasteiger partial charge on any atom is 0.231 e. The molecule has 0 spiro atoms. The van der Waals surface area contributed by atoms with Gasteiger partial charge in [0.1, 0.15) is 21.4 Å². The zero-order chi connectivity index (χ0) is 32.8. The number of aryl methyl sites for hydroxylation is 1. The molecular formula is C37H48N4O5S. The van der Waals surface area contributed by atoms with Gasteiger partial charge in [-0.3, -0.25) is 14.4 Å². The van der Waals surface area contributed by atoms with Gasteiger partial charge >= 0.3 is 0 Å². The Morgan fingerprint density at radius 3 is 2.34 bits per heavy atom. The third-order valence-electron chi connectivity index (χ3n) is 12.1. The molecule has 1 aliphatic heterocycles. The van der Waals surface area contributed by atoms with E-state index >= 15 is 0 Å². The number of carbonyl (C=O) groups is 1. The predicted octanol–water partition coefficient (Wildman–Crippen LogP) is 6.19. The van der Waals surface area contributed by atoms with E-state index in [1.54, 1.807) is 13.3 Å². The number of aliphatic hydroxyl groups excluding tert-OH is 1. The first-order chi connectivity index (χ1) is 22.6. The highest BCUT2D eigenvalue weighted by Gasteiger charge is 2.51. The van der Waals surface area contributed by atoms with Gasteiger partial charge < -0.3 is 9.84 Å². The number of nitrogens with zero attached hydrogens (tertiary/aromatic N) is 4. The molecule has 1 N–H and O–H groups in total. The molecule has 1 saturated heterocycles. The van der Waals surface area contributed by atoms with Crippen LogP contribution in [0.3, 0.4) is 0 Å². The Kier molecular flexibility index (Phi) is 8.70. The SMILES string of the molecule is COc1ccc(C23CCC(CN(C(=O)C4CCC(O)CC4)c4cc(-c5cnn(C6CCS(=O)(=O)CC6)c5)ccn4)(CC2)CC3)cc1C. The average molecular weight is 661 g/mol. The number of amides is 1. The lowest BCUT2D eigenvalue weighted by Crippen LogP contribution is -2.52. The van der Waals surface area contributed by atoms with Crippen molar-refractivity contribution in [2.75, 3.05) is 30.1 Å². The van der Waals surface area contributed by atoms with E-state index in [0.29, 0.717) is 50.9 Å². The number of benzene rings is 1. The normalized spacial score (nSPS) is 29.0. The molecule has 4 aliphatic carbocycles. The van der Waals surface area contributed by atoms with Crippen molar-refractivity contribution in [1.82, 2.24) is 14.8 Å². The highest BCUT2D eigenvalue weighted by Crippen LogP contribution is 2.58.